The SMILES string of the molecule is CCN(CC)C(=O)Nc1csc(-c2cncc(-c3ccc(OC)c(OC)c3)n2)n1. The van der Waals surface area contributed by atoms with Crippen molar-refractivity contribution < 1.29 is 14.3 Å². The van der Waals surface area contributed by atoms with Gasteiger partial charge >= 0.3 is 6.03 Å². The van der Waals surface area contributed by atoms with Crippen LogP contribution in [0.3, 0.4) is 0 Å². The van der Waals surface area contributed by atoms with Gasteiger partial charge in [-0.05, 0) is 32.0 Å². The lowest BCUT2D eigenvalue weighted by Gasteiger charge is -2.18. The van der Waals surface area contributed by atoms with Crippen molar-refractivity contribution >= 4 is 23.2 Å². The number of amides is 2. The lowest BCUT2D eigenvalue weighted by molar-refractivity contribution is 0.217. The summed E-state index contributed by atoms with van der Waals surface area (Å²) in [5, 5.41) is 5.28. The number of anilines is 1. The normalized spacial score (nSPS) is 10.5. The molecule has 1 aromatic carbocycles. The van der Waals surface area contributed by atoms with Crippen molar-refractivity contribution in [1.82, 2.24) is 19.9 Å². The number of benzene rings is 1. The minimum absolute atomic E-state index is 0.169. The van der Waals surface area contributed by atoms with Gasteiger partial charge in [-0.3, -0.25) is 10.3 Å². The van der Waals surface area contributed by atoms with E-state index in [0.29, 0.717) is 46.8 Å². The number of ether oxygens (including phenoxy) is 2. The van der Waals surface area contributed by atoms with Gasteiger partial charge in [-0.1, -0.05) is 0 Å². The second kappa shape index (κ2) is 9.33. The summed E-state index contributed by atoms with van der Waals surface area (Å²) in [6.45, 7) is 5.14. The Kier molecular flexibility index (Phi) is 6.61. The second-order valence-electron chi connectivity index (χ2n) is 6.00. The summed E-state index contributed by atoms with van der Waals surface area (Å²) in [7, 11) is 3.18. The Morgan fingerprint density at radius 3 is 2.48 bits per heavy atom. The summed E-state index contributed by atoms with van der Waals surface area (Å²) in [5.74, 6) is 1.77. The Morgan fingerprint density at radius 2 is 1.79 bits per heavy atom. The first kappa shape index (κ1) is 20.5. The van der Waals surface area contributed by atoms with Gasteiger partial charge in [0.2, 0.25) is 0 Å². The number of rotatable bonds is 7. The Hall–Kier alpha value is -3.20. The molecule has 29 heavy (non-hydrogen) atoms. The van der Waals surface area contributed by atoms with Gasteiger partial charge < -0.3 is 14.4 Å². The van der Waals surface area contributed by atoms with Gasteiger partial charge in [-0.2, -0.15) is 0 Å². The molecule has 0 saturated carbocycles. The van der Waals surface area contributed by atoms with E-state index in [1.165, 1.54) is 11.3 Å². The fourth-order valence-electron chi connectivity index (χ4n) is 2.75. The van der Waals surface area contributed by atoms with Gasteiger partial charge in [0.1, 0.15) is 16.5 Å². The van der Waals surface area contributed by atoms with Crippen LogP contribution in [0.4, 0.5) is 10.6 Å². The van der Waals surface area contributed by atoms with E-state index >= 15 is 0 Å². The molecule has 0 saturated heterocycles. The van der Waals surface area contributed by atoms with Gasteiger partial charge in [0, 0.05) is 24.0 Å². The topological polar surface area (TPSA) is 89.5 Å². The first-order chi connectivity index (χ1) is 14.1. The number of urea groups is 1. The zero-order chi connectivity index (χ0) is 20.8. The third kappa shape index (κ3) is 4.62. The monoisotopic (exact) mass is 413 g/mol. The maximum atomic E-state index is 12.2. The van der Waals surface area contributed by atoms with Crippen molar-refractivity contribution in [2.45, 2.75) is 13.8 Å². The molecule has 0 radical (unpaired) electrons. The molecule has 8 nitrogen and oxygen atoms in total. The molecule has 2 aromatic heterocycles. The summed E-state index contributed by atoms with van der Waals surface area (Å²) in [5.41, 5.74) is 2.17. The van der Waals surface area contributed by atoms with Crippen LogP contribution in [0.25, 0.3) is 22.0 Å². The summed E-state index contributed by atoms with van der Waals surface area (Å²) >= 11 is 1.40. The zero-order valence-corrected chi connectivity index (χ0v) is 17.6. The predicted molar refractivity (Wildman–Crippen MR) is 114 cm³/mol. The number of thiazole rings is 1. The van der Waals surface area contributed by atoms with Crippen molar-refractivity contribution in [2.24, 2.45) is 0 Å². The molecular weight excluding hydrogens is 390 g/mol. The van der Waals surface area contributed by atoms with E-state index in [2.05, 4.69) is 20.3 Å². The van der Waals surface area contributed by atoms with Crippen molar-refractivity contribution in [1.29, 1.82) is 0 Å². The van der Waals surface area contributed by atoms with E-state index in [9.17, 15) is 4.79 Å². The predicted octanol–water partition coefficient (Wildman–Crippen LogP) is 4.16. The summed E-state index contributed by atoms with van der Waals surface area (Å²) in [6, 6.07) is 5.40. The first-order valence-electron chi connectivity index (χ1n) is 9.15. The molecular formula is C20H23N5O3S. The third-order valence-corrected chi connectivity index (χ3v) is 5.19. The molecule has 0 aliphatic carbocycles. The van der Waals surface area contributed by atoms with E-state index in [-0.39, 0.29) is 6.03 Å². The van der Waals surface area contributed by atoms with Crippen LogP contribution >= 0.6 is 11.3 Å². The molecule has 9 heteroatoms. The van der Waals surface area contributed by atoms with Gasteiger partial charge in [0.05, 0.1) is 32.3 Å². The minimum Gasteiger partial charge on any atom is -0.493 e. The van der Waals surface area contributed by atoms with Crippen LogP contribution in [-0.4, -0.2) is 53.2 Å². The molecule has 2 heterocycles. The molecule has 0 spiro atoms. The van der Waals surface area contributed by atoms with Crippen LogP contribution in [0.2, 0.25) is 0 Å². The average Bonchev–Trinajstić information content (AvgIpc) is 3.22. The average molecular weight is 414 g/mol. The highest BCUT2D eigenvalue weighted by Crippen LogP contribution is 2.32. The van der Waals surface area contributed by atoms with Crippen molar-refractivity contribution in [3.8, 4) is 33.5 Å². The molecule has 3 aromatic rings. The summed E-state index contributed by atoms with van der Waals surface area (Å²) in [4.78, 5) is 27.3. The Morgan fingerprint density at radius 1 is 1.07 bits per heavy atom. The van der Waals surface area contributed by atoms with Crippen LogP contribution < -0.4 is 14.8 Å². The van der Waals surface area contributed by atoms with E-state index in [0.717, 1.165) is 5.56 Å². The molecule has 0 aliphatic rings. The molecule has 0 unspecified atom stereocenters. The quantitative estimate of drug-likeness (QED) is 0.626. The highest BCUT2D eigenvalue weighted by Gasteiger charge is 2.14. The number of carbonyl (C=O) groups excluding carboxylic acids is 1. The highest BCUT2D eigenvalue weighted by molar-refractivity contribution is 7.13. The Bertz CT molecular complexity index is 988. The van der Waals surface area contributed by atoms with Crippen LogP contribution in [-0.2, 0) is 0 Å². The van der Waals surface area contributed by atoms with Crippen LogP contribution in [0.1, 0.15) is 13.8 Å². The van der Waals surface area contributed by atoms with E-state index in [4.69, 9.17) is 9.47 Å². The van der Waals surface area contributed by atoms with Crippen LogP contribution in [0.5, 0.6) is 11.5 Å². The first-order valence-corrected chi connectivity index (χ1v) is 10.0. The van der Waals surface area contributed by atoms with Gasteiger partial charge in [0.25, 0.3) is 0 Å². The number of nitrogens with zero attached hydrogens (tertiary/aromatic N) is 4. The minimum atomic E-state index is -0.169. The fraction of sp³-hybridized carbons (Fsp3) is 0.300. The molecule has 152 valence electrons. The second-order valence-corrected chi connectivity index (χ2v) is 6.86. The number of nitrogens with one attached hydrogen (secondary N) is 1. The number of hydrogen-bond acceptors (Lipinski definition) is 7. The molecule has 3 rings (SSSR count). The highest BCUT2D eigenvalue weighted by atomic mass is 32.1. The number of methoxy groups -OCH3 is 2. The van der Waals surface area contributed by atoms with Crippen LogP contribution in [0, 0.1) is 0 Å². The fourth-order valence-corrected chi connectivity index (χ4v) is 3.46. The lowest BCUT2D eigenvalue weighted by Crippen LogP contribution is -2.34. The molecule has 0 fully saturated rings. The van der Waals surface area contributed by atoms with Gasteiger partial charge in [-0.15, -0.1) is 11.3 Å². The Balaban J connectivity index is 1.84. The van der Waals surface area contributed by atoms with Gasteiger partial charge in [0.15, 0.2) is 11.5 Å². The largest absolute Gasteiger partial charge is 0.493 e. The molecule has 1 N–H and O–H groups in total. The third-order valence-electron chi connectivity index (χ3n) is 4.32. The lowest BCUT2D eigenvalue weighted by atomic mass is 10.1. The number of hydrogen-bond donors (Lipinski definition) is 1. The zero-order valence-electron chi connectivity index (χ0n) is 16.8. The van der Waals surface area contributed by atoms with E-state index < -0.39 is 0 Å². The van der Waals surface area contributed by atoms with E-state index in [1.807, 2.05) is 32.0 Å². The molecule has 0 aliphatic heterocycles. The molecule has 0 bridgehead atoms. The maximum absolute atomic E-state index is 12.2. The van der Waals surface area contributed by atoms with Crippen molar-refractivity contribution in [3.63, 3.8) is 0 Å². The van der Waals surface area contributed by atoms with Crippen molar-refractivity contribution in [3.05, 3.63) is 36.0 Å². The summed E-state index contributed by atoms with van der Waals surface area (Å²) in [6.07, 6.45) is 3.33. The molecule has 0 atom stereocenters. The maximum Gasteiger partial charge on any atom is 0.323 e. The van der Waals surface area contributed by atoms with Gasteiger partial charge in [-0.25, -0.2) is 14.8 Å². The standard InChI is InChI=1S/C20H23N5O3S/c1-5-25(6-2)20(26)24-18-12-29-19(23-18)15-11-21-10-14(22-15)13-7-8-16(27-3)17(9-13)28-4/h7-12H,5-6H2,1-4H3,(H,24,26). The van der Waals surface area contributed by atoms with E-state index in [1.54, 1.807) is 36.9 Å². The number of carbonyl (C=O) groups is 1. The van der Waals surface area contributed by atoms with Crippen molar-refractivity contribution in [2.75, 3.05) is 32.6 Å². The smallest absolute Gasteiger partial charge is 0.323 e. The van der Waals surface area contributed by atoms with Crippen LogP contribution in [0.15, 0.2) is 36.0 Å². The number of aromatic nitrogens is 3. The summed E-state index contributed by atoms with van der Waals surface area (Å²) < 4.78 is 10.6. The Labute approximate surface area is 173 Å². The molecule has 2 amide bonds.